The highest BCUT2D eigenvalue weighted by Crippen LogP contribution is 2.15. The Kier molecular flexibility index (Phi) is 4.69. The van der Waals surface area contributed by atoms with E-state index in [1.54, 1.807) is 0 Å². The van der Waals surface area contributed by atoms with Crippen LogP contribution in [0.15, 0.2) is 18.2 Å². The van der Waals surface area contributed by atoms with E-state index in [1.165, 1.54) is 6.07 Å². The Hall–Kier alpha value is -1.65. The molecule has 0 amide bonds. The second kappa shape index (κ2) is 6.05. The molecule has 0 aliphatic carbocycles. The monoisotopic (exact) mass is 228 g/mol. The summed E-state index contributed by atoms with van der Waals surface area (Å²) in [5, 5.41) is 6.99. The lowest BCUT2D eigenvalue weighted by Gasteiger charge is -2.05. The molecule has 0 unspecified atom stereocenters. The van der Waals surface area contributed by atoms with E-state index in [4.69, 9.17) is 15.9 Å². The maximum Gasteiger partial charge on any atom is 0.162 e. The van der Waals surface area contributed by atoms with Crippen LogP contribution >= 0.6 is 0 Å². The summed E-state index contributed by atoms with van der Waals surface area (Å²) in [4.78, 5) is 0. The molecule has 16 heavy (non-hydrogen) atoms. The Morgan fingerprint density at radius 1 is 1.25 bits per heavy atom. The molecular weight excluding hydrogens is 214 g/mol. The summed E-state index contributed by atoms with van der Waals surface area (Å²) >= 11 is 0. The minimum absolute atomic E-state index is 0.146. The number of unbranched alkanes of at least 4 members (excludes halogenated alkanes) is 1. The molecular formula is C11H14F2N2O. The van der Waals surface area contributed by atoms with Crippen molar-refractivity contribution >= 4 is 5.84 Å². The maximum atomic E-state index is 12.8. The van der Waals surface area contributed by atoms with Crippen molar-refractivity contribution in [1.82, 2.24) is 0 Å². The zero-order valence-corrected chi connectivity index (χ0v) is 8.80. The summed E-state index contributed by atoms with van der Waals surface area (Å²) in [6.07, 6.45) is 2.00. The number of hydrogen-bond donors (Lipinski definition) is 2. The van der Waals surface area contributed by atoms with Crippen LogP contribution in [0.25, 0.3) is 0 Å². The average molecular weight is 228 g/mol. The normalized spacial score (nSPS) is 10.1. The number of halogens is 2. The van der Waals surface area contributed by atoms with E-state index in [2.05, 4.69) is 0 Å². The van der Waals surface area contributed by atoms with E-state index in [9.17, 15) is 8.78 Å². The molecule has 0 saturated heterocycles. The summed E-state index contributed by atoms with van der Waals surface area (Å²) in [7, 11) is 0. The van der Waals surface area contributed by atoms with E-state index in [0.717, 1.165) is 25.0 Å². The zero-order valence-electron chi connectivity index (χ0n) is 8.80. The summed E-state index contributed by atoms with van der Waals surface area (Å²) in [5.74, 6) is -1.35. The van der Waals surface area contributed by atoms with Crippen LogP contribution in [0, 0.1) is 17.0 Å². The fraction of sp³-hybridized carbons (Fsp3) is 0.364. The van der Waals surface area contributed by atoms with Crippen LogP contribution in [-0.2, 0) is 0 Å². The van der Waals surface area contributed by atoms with Gasteiger partial charge in [-0.1, -0.05) is 0 Å². The largest absolute Gasteiger partial charge is 0.493 e. The van der Waals surface area contributed by atoms with Gasteiger partial charge in [0.15, 0.2) is 11.6 Å². The van der Waals surface area contributed by atoms with Gasteiger partial charge in [0.1, 0.15) is 5.75 Å². The summed E-state index contributed by atoms with van der Waals surface area (Å²) in [6, 6.07) is 3.42. The molecule has 0 saturated carbocycles. The molecule has 3 N–H and O–H groups in total. The van der Waals surface area contributed by atoms with Gasteiger partial charge in [0, 0.05) is 12.5 Å². The lowest BCUT2D eigenvalue weighted by atomic mass is 10.2. The van der Waals surface area contributed by atoms with Crippen LogP contribution in [0.3, 0.4) is 0 Å². The Morgan fingerprint density at radius 2 is 2.00 bits per heavy atom. The third-order valence-corrected chi connectivity index (χ3v) is 2.00. The Balaban J connectivity index is 2.27. The highest BCUT2D eigenvalue weighted by molar-refractivity contribution is 5.76. The molecule has 1 aromatic rings. The number of amidine groups is 1. The minimum atomic E-state index is -0.916. The van der Waals surface area contributed by atoms with Gasteiger partial charge >= 0.3 is 0 Å². The third kappa shape index (κ3) is 4.25. The molecule has 0 atom stereocenters. The van der Waals surface area contributed by atoms with Crippen LogP contribution in [0.1, 0.15) is 19.3 Å². The van der Waals surface area contributed by atoms with Crippen molar-refractivity contribution < 1.29 is 13.5 Å². The average Bonchev–Trinajstić information content (AvgIpc) is 2.22. The smallest absolute Gasteiger partial charge is 0.162 e. The van der Waals surface area contributed by atoms with E-state index < -0.39 is 11.6 Å². The number of benzene rings is 1. The van der Waals surface area contributed by atoms with Crippen molar-refractivity contribution in [3.8, 4) is 5.75 Å². The van der Waals surface area contributed by atoms with Crippen molar-refractivity contribution in [1.29, 1.82) is 5.41 Å². The van der Waals surface area contributed by atoms with E-state index in [0.29, 0.717) is 18.8 Å². The molecule has 0 bridgehead atoms. The van der Waals surface area contributed by atoms with Crippen molar-refractivity contribution in [2.24, 2.45) is 5.73 Å². The van der Waals surface area contributed by atoms with Gasteiger partial charge in [-0.15, -0.1) is 0 Å². The van der Waals surface area contributed by atoms with E-state index in [-0.39, 0.29) is 5.84 Å². The molecule has 1 rings (SSSR count). The quantitative estimate of drug-likeness (QED) is 0.446. The summed E-state index contributed by atoms with van der Waals surface area (Å²) in [6.45, 7) is 0.401. The van der Waals surface area contributed by atoms with Gasteiger partial charge in [0.05, 0.1) is 12.4 Å². The van der Waals surface area contributed by atoms with Crippen molar-refractivity contribution in [2.75, 3.05) is 6.61 Å². The lowest BCUT2D eigenvalue weighted by molar-refractivity contribution is 0.305. The second-order valence-corrected chi connectivity index (χ2v) is 3.41. The summed E-state index contributed by atoms with van der Waals surface area (Å²) < 4.78 is 30.5. The molecule has 3 nitrogen and oxygen atoms in total. The van der Waals surface area contributed by atoms with Gasteiger partial charge in [0.2, 0.25) is 0 Å². The van der Waals surface area contributed by atoms with Crippen LogP contribution < -0.4 is 10.5 Å². The van der Waals surface area contributed by atoms with Gasteiger partial charge in [-0.05, 0) is 25.0 Å². The van der Waals surface area contributed by atoms with Crippen LogP contribution in [0.2, 0.25) is 0 Å². The van der Waals surface area contributed by atoms with Crippen molar-refractivity contribution in [3.05, 3.63) is 29.8 Å². The van der Waals surface area contributed by atoms with Gasteiger partial charge in [-0.3, -0.25) is 5.41 Å². The lowest BCUT2D eigenvalue weighted by Crippen LogP contribution is -2.09. The SMILES string of the molecule is N=C(N)CCCCOc1ccc(F)c(F)c1. The molecule has 1 aromatic carbocycles. The number of nitrogens with two attached hydrogens (primary N) is 1. The Labute approximate surface area is 92.7 Å². The highest BCUT2D eigenvalue weighted by Gasteiger charge is 2.02. The van der Waals surface area contributed by atoms with Gasteiger partial charge in [-0.2, -0.15) is 0 Å². The van der Waals surface area contributed by atoms with Crippen LogP contribution in [0.5, 0.6) is 5.75 Å². The van der Waals surface area contributed by atoms with Crippen molar-refractivity contribution in [3.63, 3.8) is 0 Å². The molecule has 0 aromatic heterocycles. The van der Waals surface area contributed by atoms with Crippen LogP contribution in [-0.4, -0.2) is 12.4 Å². The Morgan fingerprint density at radius 3 is 2.62 bits per heavy atom. The van der Waals surface area contributed by atoms with E-state index >= 15 is 0 Å². The fourth-order valence-corrected chi connectivity index (χ4v) is 1.17. The molecule has 0 radical (unpaired) electrons. The van der Waals surface area contributed by atoms with Gasteiger partial charge in [-0.25, -0.2) is 8.78 Å². The Bertz CT molecular complexity index is 369. The predicted molar refractivity (Wildman–Crippen MR) is 57.6 cm³/mol. The van der Waals surface area contributed by atoms with E-state index in [1.807, 2.05) is 0 Å². The first-order valence-corrected chi connectivity index (χ1v) is 5.00. The van der Waals surface area contributed by atoms with Crippen molar-refractivity contribution in [2.45, 2.75) is 19.3 Å². The molecule has 88 valence electrons. The molecule has 0 spiro atoms. The number of rotatable bonds is 6. The zero-order chi connectivity index (χ0) is 12.0. The molecule has 0 heterocycles. The predicted octanol–water partition coefficient (Wildman–Crippen LogP) is 2.45. The van der Waals surface area contributed by atoms with Crippen LogP contribution in [0.4, 0.5) is 8.78 Å². The first-order chi connectivity index (χ1) is 7.59. The fourth-order valence-electron chi connectivity index (χ4n) is 1.17. The third-order valence-electron chi connectivity index (χ3n) is 2.00. The first kappa shape index (κ1) is 12.4. The molecule has 0 aliphatic rings. The number of ether oxygens (including phenoxy) is 1. The molecule has 0 fully saturated rings. The first-order valence-electron chi connectivity index (χ1n) is 5.00. The topological polar surface area (TPSA) is 59.1 Å². The van der Waals surface area contributed by atoms with Gasteiger partial charge in [0.25, 0.3) is 0 Å². The summed E-state index contributed by atoms with van der Waals surface area (Å²) in [5.41, 5.74) is 5.17. The molecule has 5 heteroatoms. The molecule has 0 aliphatic heterocycles. The standard InChI is InChI=1S/C11H14F2N2O/c12-9-5-4-8(7-10(9)13)16-6-2-1-3-11(14)15/h4-5,7H,1-3,6H2,(H3,14,15). The second-order valence-electron chi connectivity index (χ2n) is 3.41. The minimum Gasteiger partial charge on any atom is -0.493 e. The number of nitrogens with one attached hydrogen (secondary N) is 1. The maximum absolute atomic E-state index is 12.8. The highest BCUT2D eigenvalue weighted by atomic mass is 19.2. The number of hydrogen-bond acceptors (Lipinski definition) is 2. The van der Waals surface area contributed by atoms with Gasteiger partial charge < -0.3 is 10.5 Å².